The van der Waals surface area contributed by atoms with Crippen LogP contribution in [0.3, 0.4) is 0 Å². The second kappa shape index (κ2) is 5.30. The molecule has 0 spiro atoms. The average molecular weight is 292 g/mol. The van der Waals surface area contributed by atoms with Crippen LogP contribution in [0.5, 0.6) is 0 Å². The molecule has 20 heavy (non-hydrogen) atoms. The van der Waals surface area contributed by atoms with Crippen LogP contribution in [0.4, 0.5) is 0 Å². The first-order valence-corrected chi connectivity index (χ1v) is 8.03. The van der Waals surface area contributed by atoms with Gasteiger partial charge in [-0.05, 0) is 57.8 Å². The maximum atomic E-state index is 12.3. The minimum absolute atomic E-state index is 0.0188. The van der Waals surface area contributed by atoms with Gasteiger partial charge in [-0.2, -0.15) is 0 Å². The van der Waals surface area contributed by atoms with Crippen molar-refractivity contribution < 1.29 is 9.59 Å². The Balaban J connectivity index is 1.70. The zero-order valence-corrected chi connectivity index (χ0v) is 12.7. The van der Waals surface area contributed by atoms with Crippen molar-refractivity contribution in [3.63, 3.8) is 0 Å². The summed E-state index contributed by atoms with van der Waals surface area (Å²) >= 11 is 1.28. The lowest BCUT2D eigenvalue weighted by Gasteiger charge is -2.49. The number of Topliss-reactive ketones (excluding diaryl/α,β-unsaturated/α-hetero) is 1. The number of carbonyl (C=O) groups is 2. The van der Waals surface area contributed by atoms with E-state index in [0.29, 0.717) is 21.7 Å². The Bertz CT molecular complexity index is 530. The molecule has 0 unspecified atom stereocenters. The van der Waals surface area contributed by atoms with Crippen molar-refractivity contribution in [2.24, 2.45) is 5.92 Å². The third-order valence-electron chi connectivity index (χ3n) is 4.65. The van der Waals surface area contributed by atoms with E-state index in [2.05, 4.69) is 17.1 Å². The summed E-state index contributed by atoms with van der Waals surface area (Å²) in [5.74, 6) is 0.588. The molecule has 0 radical (unpaired) electrons. The molecular weight excluding hydrogens is 272 g/mol. The van der Waals surface area contributed by atoms with E-state index in [9.17, 15) is 9.59 Å². The van der Waals surface area contributed by atoms with Gasteiger partial charge >= 0.3 is 0 Å². The number of piperidine rings is 3. The van der Waals surface area contributed by atoms with Crippen LogP contribution in [0, 0.1) is 5.92 Å². The van der Waals surface area contributed by atoms with E-state index in [1.54, 1.807) is 12.1 Å². The van der Waals surface area contributed by atoms with E-state index in [0.717, 1.165) is 13.1 Å². The number of ketones is 1. The van der Waals surface area contributed by atoms with Crippen LogP contribution in [-0.4, -0.2) is 41.8 Å². The van der Waals surface area contributed by atoms with Crippen molar-refractivity contribution in [1.29, 1.82) is 0 Å². The van der Waals surface area contributed by atoms with E-state index < -0.39 is 0 Å². The lowest BCUT2D eigenvalue weighted by molar-refractivity contribution is 0.0218. The first-order chi connectivity index (χ1) is 9.56. The standard InChI is InChI=1S/C15H20N2O2S/c1-9-14(11-5-7-17(9)8-6-11)16-15(19)13-4-3-12(20-13)10(2)18/h3-4,9,11,14H,5-8H2,1-2H3,(H,16,19)/t9-,14-/m0/s1. The van der Waals surface area contributed by atoms with Gasteiger partial charge in [-0.3, -0.25) is 14.5 Å². The maximum absolute atomic E-state index is 12.3. The summed E-state index contributed by atoms with van der Waals surface area (Å²) < 4.78 is 0. The van der Waals surface area contributed by atoms with Gasteiger partial charge in [-0.25, -0.2) is 0 Å². The molecule has 1 aromatic heterocycles. The average Bonchev–Trinajstić information content (AvgIpc) is 2.93. The molecule has 0 saturated carbocycles. The van der Waals surface area contributed by atoms with E-state index in [4.69, 9.17) is 0 Å². The second-order valence-corrected chi connectivity index (χ2v) is 6.92. The molecular formula is C15H20N2O2S. The minimum Gasteiger partial charge on any atom is -0.347 e. The quantitative estimate of drug-likeness (QED) is 0.869. The molecule has 5 heteroatoms. The highest BCUT2D eigenvalue weighted by molar-refractivity contribution is 7.15. The van der Waals surface area contributed by atoms with Crippen LogP contribution in [0.25, 0.3) is 0 Å². The largest absolute Gasteiger partial charge is 0.347 e. The molecule has 4 nitrogen and oxygen atoms in total. The zero-order chi connectivity index (χ0) is 14.3. The van der Waals surface area contributed by atoms with Crippen LogP contribution in [0.2, 0.25) is 0 Å². The number of hydrogen-bond donors (Lipinski definition) is 1. The number of rotatable bonds is 3. The summed E-state index contributed by atoms with van der Waals surface area (Å²) in [7, 11) is 0. The van der Waals surface area contributed by atoms with E-state index in [1.165, 1.54) is 31.1 Å². The van der Waals surface area contributed by atoms with Gasteiger partial charge in [0.25, 0.3) is 5.91 Å². The van der Waals surface area contributed by atoms with Crippen LogP contribution in [0.1, 0.15) is 46.0 Å². The van der Waals surface area contributed by atoms with E-state index in [-0.39, 0.29) is 17.7 Å². The number of amides is 1. The molecule has 0 aromatic carbocycles. The van der Waals surface area contributed by atoms with E-state index >= 15 is 0 Å². The lowest BCUT2D eigenvalue weighted by Crippen LogP contribution is -2.62. The normalized spacial score (nSPS) is 32.1. The summed E-state index contributed by atoms with van der Waals surface area (Å²) in [5.41, 5.74) is 0. The second-order valence-electron chi connectivity index (χ2n) is 5.83. The minimum atomic E-state index is -0.0342. The predicted molar refractivity (Wildman–Crippen MR) is 79.3 cm³/mol. The molecule has 3 aliphatic heterocycles. The third kappa shape index (κ3) is 2.40. The Labute approximate surface area is 123 Å². The smallest absolute Gasteiger partial charge is 0.261 e. The van der Waals surface area contributed by atoms with Gasteiger partial charge in [-0.1, -0.05) is 0 Å². The predicted octanol–water partition coefficient (Wildman–Crippen LogP) is 2.16. The van der Waals surface area contributed by atoms with Crippen LogP contribution in [0.15, 0.2) is 12.1 Å². The van der Waals surface area contributed by atoms with Gasteiger partial charge in [0.2, 0.25) is 0 Å². The number of hydrogen-bond acceptors (Lipinski definition) is 4. The van der Waals surface area contributed by atoms with Crippen molar-refractivity contribution in [2.45, 2.75) is 38.8 Å². The SMILES string of the molecule is CC(=O)c1ccc(C(=O)N[C@@H]2C3CCN(CC3)[C@H]2C)s1. The summed E-state index contributed by atoms with van der Waals surface area (Å²) in [6.45, 7) is 6.05. The summed E-state index contributed by atoms with van der Waals surface area (Å²) in [6.07, 6.45) is 2.36. The molecule has 1 amide bonds. The molecule has 2 bridgehead atoms. The Hall–Kier alpha value is -1.20. The Morgan fingerprint density at radius 1 is 1.25 bits per heavy atom. The zero-order valence-electron chi connectivity index (χ0n) is 11.9. The number of nitrogens with zero attached hydrogens (tertiary/aromatic N) is 1. The topological polar surface area (TPSA) is 49.4 Å². The molecule has 0 aliphatic carbocycles. The Kier molecular flexibility index (Phi) is 3.65. The number of nitrogens with one attached hydrogen (secondary N) is 1. The highest BCUT2D eigenvalue weighted by Crippen LogP contribution is 2.32. The highest BCUT2D eigenvalue weighted by atomic mass is 32.1. The monoisotopic (exact) mass is 292 g/mol. The first-order valence-electron chi connectivity index (χ1n) is 7.22. The molecule has 3 fully saturated rings. The summed E-state index contributed by atoms with van der Waals surface area (Å²) in [5, 5.41) is 3.19. The molecule has 1 aromatic rings. The van der Waals surface area contributed by atoms with Gasteiger partial charge < -0.3 is 5.32 Å². The maximum Gasteiger partial charge on any atom is 0.261 e. The molecule has 3 aliphatic rings. The molecule has 4 heterocycles. The third-order valence-corrected chi connectivity index (χ3v) is 5.84. The fourth-order valence-electron chi connectivity index (χ4n) is 3.42. The molecule has 1 N–H and O–H groups in total. The highest BCUT2D eigenvalue weighted by Gasteiger charge is 2.40. The van der Waals surface area contributed by atoms with Crippen molar-refractivity contribution in [3.8, 4) is 0 Å². The van der Waals surface area contributed by atoms with Gasteiger partial charge in [0.1, 0.15) is 0 Å². The molecule has 4 rings (SSSR count). The lowest BCUT2D eigenvalue weighted by atomic mass is 9.79. The number of carbonyl (C=O) groups excluding carboxylic acids is 2. The first kappa shape index (κ1) is 13.8. The molecule has 3 saturated heterocycles. The van der Waals surface area contributed by atoms with Crippen molar-refractivity contribution in [1.82, 2.24) is 10.2 Å². The van der Waals surface area contributed by atoms with E-state index in [1.807, 2.05) is 0 Å². The van der Waals surface area contributed by atoms with Crippen LogP contribution < -0.4 is 5.32 Å². The van der Waals surface area contributed by atoms with Gasteiger partial charge in [0, 0.05) is 12.1 Å². The Morgan fingerprint density at radius 3 is 2.45 bits per heavy atom. The van der Waals surface area contributed by atoms with Crippen LogP contribution >= 0.6 is 11.3 Å². The van der Waals surface area contributed by atoms with Gasteiger partial charge in [-0.15, -0.1) is 11.3 Å². The van der Waals surface area contributed by atoms with Gasteiger partial charge in [0.05, 0.1) is 9.75 Å². The van der Waals surface area contributed by atoms with Gasteiger partial charge in [0.15, 0.2) is 5.78 Å². The van der Waals surface area contributed by atoms with Crippen molar-refractivity contribution >= 4 is 23.0 Å². The Morgan fingerprint density at radius 2 is 1.90 bits per heavy atom. The fraction of sp³-hybridized carbons (Fsp3) is 0.600. The summed E-state index contributed by atoms with van der Waals surface area (Å²) in [6, 6.07) is 4.15. The van der Waals surface area contributed by atoms with Crippen molar-refractivity contribution in [2.75, 3.05) is 13.1 Å². The summed E-state index contributed by atoms with van der Waals surface area (Å²) in [4.78, 5) is 27.4. The number of fused-ring (bicyclic) bond motifs is 3. The van der Waals surface area contributed by atoms with Crippen molar-refractivity contribution in [3.05, 3.63) is 21.9 Å². The fourth-order valence-corrected chi connectivity index (χ4v) is 4.22. The molecule has 2 atom stereocenters. The number of thiophene rings is 1. The molecule has 108 valence electrons. The van der Waals surface area contributed by atoms with Crippen LogP contribution in [-0.2, 0) is 0 Å².